The van der Waals surface area contributed by atoms with E-state index in [1.807, 2.05) is 35.4 Å². The summed E-state index contributed by atoms with van der Waals surface area (Å²) in [7, 11) is 0. The minimum atomic E-state index is -0.166. The Morgan fingerprint density at radius 2 is 1.84 bits per heavy atom. The second kappa shape index (κ2) is 14.8. The maximum absolute atomic E-state index is 13.0. The highest BCUT2D eigenvalue weighted by Gasteiger charge is 2.22. The van der Waals surface area contributed by atoms with E-state index in [4.69, 9.17) is 0 Å². The largest absolute Gasteiger partial charge is 0.346 e. The molecular weight excluding hydrogens is 418 g/mol. The molecule has 2 amide bonds. The molecule has 6 heteroatoms. The second-order valence-corrected chi connectivity index (χ2v) is 9.43. The minimum absolute atomic E-state index is 0.0213. The van der Waals surface area contributed by atoms with Crippen LogP contribution in [0.1, 0.15) is 82.3 Å². The van der Waals surface area contributed by atoms with Crippen LogP contribution >= 0.6 is 11.3 Å². The van der Waals surface area contributed by atoms with Crippen molar-refractivity contribution in [3.8, 4) is 0 Å². The van der Waals surface area contributed by atoms with Gasteiger partial charge in [0.15, 0.2) is 0 Å². The van der Waals surface area contributed by atoms with Crippen molar-refractivity contribution in [3.63, 3.8) is 0 Å². The lowest BCUT2D eigenvalue weighted by atomic mass is 10.0. The van der Waals surface area contributed by atoms with Crippen molar-refractivity contribution in [1.29, 1.82) is 0 Å². The normalized spacial score (nSPS) is 12.8. The SMILES string of the molecule is CCCCCCC(=O)N(CCC)CCC(C)C(=O)NC(Cc1ccccc1)c1nccs1. The summed E-state index contributed by atoms with van der Waals surface area (Å²) in [6.45, 7) is 7.62. The summed E-state index contributed by atoms with van der Waals surface area (Å²) in [5.41, 5.74) is 1.17. The number of unbranched alkanes of at least 4 members (excludes halogenated alkanes) is 3. The Balaban J connectivity index is 1.90. The van der Waals surface area contributed by atoms with E-state index < -0.39 is 0 Å². The number of aromatic nitrogens is 1. The molecular formula is C26H39N3O2S. The topological polar surface area (TPSA) is 62.3 Å². The molecule has 1 heterocycles. The Bertz CT molecular complexity index is 780. The second-order valence-electron chi connectivity index (χ2n) is 8.50. The number of thiazole rings is 1. The standard InChI is InChI=1S/C26H39N3O2S/c1-4-6-7-11-14-24(30)29(17-5-2)18-15-21(3)25(31)28-23(26-27-16-19-32-26)20-22-12-9-8-10-13-22/h8-10,12-13,16,19,21,23H,4-7,11,14-15,17-18,20H2,1-3H3,(H,28,31). The maximum atomic E-state index is 13.0. The number of carbonyl (C=O) groups is 2. The molecule has 0 radical (unpaired) electrons. The summed E-state index contributed by atoms with van der Waals surface area (Å²) in [6, 6.07) is 10.0. The monoisotopic (exact) mass is 457 g/mol. The van der Waals surface area contributed by atoms with Gasteiger partial charge in [-0.1, -0.05) is 70.4 Å². The van der Waals surface area contributed by atoms with Crippen molar-refractivity contribution in [2.24, 2.45) is 5.92 Å². The van der Waals surface area contributed by atoms with Gasteiger partial charge in [0.1, 0.15) is 5.01 Å². The molecule has 2 atom stereocenters. The Labute approximate surface area is 197 Å². The quantitative estimate of drug-likeness (QED) is 0.345. The number of carbonyl (C=O) groups excluding carboxylic acids is 2. The van der Waals surface area contributed by atoms with Crippen molar-refractivity contribution >= 4 is 23.2 Å². The van der Waals surface area contributed by atoms with Gasteiger partial charge in [-0.3, -0.25) is 9.59 Å². The average Bonchev–Trinajstić information content (AvgIpc) is 3.34. The molecule has 1 aromatic heterocycles. The predicted octanol–water partition coefficient (Wildman–Crippen LogP) is 5.78. The Kier molecular flexibility index (Phi) is 12.0. The summed E-state index contributed by atoms with van der Waals surface area (Å²) in [5, 5.41) is 6.07. The van der Waals surface area contributed by atoms with E-state index in [9.17, 15) is 9.59 Å². The van der Waals surface area contributed by atoms with Gasteiger partial charge in [0.05, 0.1) is 6.04 Å². The Morgan fingerprint density at radius 1 is 1.06 bits per heavy atom. The third kappa shape index (κ3) is 9.11. The zero-order chi connectivity index (χ0) is 23.2. The number of amides is 2. The van der Waals surface area contributed by atoms with Gasteiger partial charge >= 0.3 is 0 Å². The highest BCUT2D eigenvalue weighted by molar-refractivity contribution is 7.09. The van der Waals surface area contributed by atoms with Gasteiger partial charge in [0.25, 0.3) is 0 Å². The molecule has 0 aliphatic heterocycles. The van der Waals surface area contributed by atoms with Crippen LogP contribution in [-0.2, 0) is 16.0 Å². The van der Waals surface area contributed by atoms with Crippen LogP contribution in [0.5, 0.6) is 0 Å². The molecule has 0 aliphatic rings. The summed E-state index contributed by atoms with van der Waals surface area (Å²) >= 11 is 1.56. The lowest BCUT2D eigenvalue weighted by Crippen LogP contribution is -2.37. The number of hydrogen-bond donors (Lipinski definition) is 1. The number of benzene rings is 1. The summed E-state index contributed by atoms with van der Waals surface area (Å²) in [5.74, 6) is 0.0776. The molecule has 0 fully saturated rings. The molecule has 2 aromatic rings. The predicted molar refractivity (Wildman–Crippen MR) is 133 cm³/mol. The van der Waals surface area contributed by atoms with E-state index in [0.29, 0.717) is 25.8 Å². The third-order valence-corrected chi connectivity index (χ3v) is 6.61. The zero-order valence-corrected chi connectivity index (χ0v) is 20.7. The third-order valence-electron chi connectivity index (χ3n) is 5.72. The van der Waals surface area contributed by atoms with Crippen LogP contribution in [0.4, 0.5) is 0 Å². The van der Waals surface area contributed by atoms with Crippen molar-refractivity contribution in [2.45, 2.75) is 78.2 Å². The molecule has 0 saturated carbocycles. The highest BCUT2D eigenvalue weighted by atomic mass is 32.1. The van der Waals surface area contributed by atoms with E-state index in [0.717, 1.165) is 30.8 Å². The van der Waals surface area contributed by atoms with Gasteiger partial charge in [-0.05, 0) is 31.2 Å². The molecule has 176 valence electrons. The average molecular weight is 458 g/mol. The smallest absolute Gasteiger partial charge is 0.223 e. The zero-order valence-electron chi connectivity index (χ0n) is 19.9. The van der Waals surface area contributed by atoms with E-state index in [1.54, 1.807) is 17.5 Å². The number of nitrogens with one attached hydrogen (secondary N) is 1. The van der Waals surface area contributed by atoms with Crippen LogP contribution in [0.2, 0.25) is 0 Å². The van der Waals surface area contributed by atoms with E-state index in [2.05, 4.69) is 36.3 Å². The first-order chi connectivity index (χ1) is 15.5. The fraction of sp³-hybridized carbons (Fsp3) is 0.577. The lowest BCUT2D eigenvalue weighted by molar-refractivity contribution is -0.132. The van der Waals surface area contributed by atoms with Gasteiger partial charge in [-0.2, -0.15) is 0 Å². The summed E-state index contributed by atoms with van der Waals surface area (Å²) in [6.07, 6.45) is 9.13. The molecule has 1 aromatic carbocycles. The van der Waals surface area contributed by atoms with Gasteiger partial charge in [-0.25, -0.2) is 4.98 Å². The van der Waals surface area contributed by atoms with Gasteiger partial charge in [-0.15, -0.1) is 11.3 Å². The maximum Gasteiger partial charge on any atom is 0.223 e. The number of rotatable bonds is 15. The minimum Gasteiger partial charge on any atom is -0.346 e. The van der Waals surface area contributed by atoms with Crippen LogP contribution in [0.3, 0.4) is 0 Å². The summed E-state index contributed by atoms with van der Waals surface area (Å²) in [4.78, 5) is 32.0. The molecule has 2 rings (SSSR count). The van der Waals surface area contributed by atoms with E-state index >= 15 is 0 Å². The number of hydrogen-bond acceptors (Lipinski definition) is 4. The Hall–Kier alpha value is -2.21. The summed E-state index contributed by atoms with van der Waals surface area (Å²) < 4.78 is 0. The fourth-order valence-corrected chi connectivity index (χ4v) is 4.43. The van der Waals surface area contributed by atoms with Gasteiger partial charge in [0.2, 0.25) is 11.8 Å². The molecule has 0 bridgehead atoms. The van der Waals surface area contributed by atoms with Gasteiger partial charge < -0.3 is 10.2 Å². The van der Waals surface area contributed by atoms with Crippen molar-refractivity contribution in [1.82, 2.24) is 15.2 Å². The van der Waals surface area contributed by atoms with Crippen molar-refractivity contribution in [3.05, 3.63) is 52.5 Å². The van der Waals surface area contributed by atoms with E-state index in [-0.39, 0.29) is 23.8 Å². The van der Waals surface area contributed by atoms with Crippen LogP contribution in [0.25, 0.3) is 0 Å². The van der Waals surface area contributed by atoms with Crippen molar-refractivity contribution < 1.29 is 9.59 Å². The lowest BCUT2D eigenvalue weighted by Gasteiger charge is -2.25. The van der Waals surface area contributed by atoms with Crippen molar-refractivity contribution in [2.75, 3.05) is 13.1 Å². The first-order valence-corrected chi connectivity index (χ1v) is 12.9. The molecule has 2 unspecified atom stereocenters. The van der Waals surface area contributed by atoms with Crippen LogP contribution in [-0.4, -0.2) is 34.8 Å². The first-order valence-electron chi connectivity index (χ1n) is 12.1. The number of nitrogens with zero attached hydrogens (tertiary/aromatic N) is 2. The van der Waals surface area contributed by atoms with Gasteiger partial charge in [0, 0.05) is 37.0 Å². The molecule has 0 saturated heterocycles. The van der Waals surface area contributed by atoms with E-state index in [1.165, 1.54) is 18.4 Å². The molecule has 1 N–H and O–H groups in total. The molecule has 0 aliphatic carbocycles. The molecule has 32 heavy (non-hydrogen) atoms. The van der Waals surface area contributed by atoms with Crippen LogP contribution < -0.4 is 5.32 Å². The fourth-order valence-electron chi connectivity index (χ4n) is 3.74. The molecule has 5 nitrogen and oxygen atoms in total. The Morgan fingerprint density at radius 3 is 2.50 bits per heavy atom. The van der Waals surface area contributed by atoms with Crippen LogP contribution in [0, 0.1) is 5.92 Å². The molecule has 0 spiro atoms. The highest BCUT2D eigenvalue weighted by Crippen LogP contribution is 2.21. The first kappa shape index (κ1) is 26.0. The van der Waals surface area contributed by atoms with Crippen LogP contribution in [0.15, 0.2) is 41.9 Å².